The molecule has 0 aliphatic carbocycles. The number of pyridine rings is 5. The first-order chi connectivity index (χ1) is 43.3. The van der Waals surface area contributed by atoms with E-state index in [0.717, 1.165) is 29.7 Å². The van der Waals surface area contributed by atoms with Crippen LogP contribution in [0.1, 0.15) is 148 Å². The Hall–Kier alpha value is -8.15. The Labute approximate surface area is 543 Å². The van der Waals surface area contributed by atoms with Gasteiger partial charge < -0.3 is 0 Å². The SMILES string of the molecule is Cc1ccccc1-c1ccc(C(C)C)c[n+]1C.Cc1ccccc1-c1ccc(CC(C)(C)C)c[n+]1C.Cc1ccccc1-c1ccc(CC(C)C)c[n+]1C.[2H]C(C)(C)c1ccc(-c2ccccc2C)[n+](C)c1.[2H]C([2H])(c1ccc(-c2ccccc2C)[n+](C)c1)C(C)C. The lowest BCUT2D eigenvalue weighted by atomic mass is 9.88. The van der Waals surface area contributed by atoms with E-state index in [9.17, 15) is 0 Å². The predicted octanol–water partition coefficient (Wildman–Crippen LogP) is 18.7. The first-order valence-electron chi connectivity index (χ1n) is 33.5. The van der Waals surface area contributed by atoms with Gasteiger partial charge in [0.15, 0.2) is 31.0 Å². The van der Waals surface area contributed by atoms with E-state index < -0.39 is 12.3 Å². The summed E-state index contributed by atoms with van der Waals surface area (Å²) >= 11 is 0. The predicted molar refractivity (Wildman–Crippen MR) is 377 cm³/mol. The monoisotopic (exact) mass is 1190 g/mol. The maximum absolute atomic E-state index is 8.19. The summed E-state index contributed by atoms with van der Waals surface area (Å²) in [7, 11) is 10.4. The number of aryl methyl sites for hydroxylation is 10. The standard InChI is InChI=1S/C18H24N.2C17H22N.2C16H20N/c1-14-8-6-7-9-16(14)17-11-10-15(13-19(17)5)12-18(2,3)4;2*1-13(2)11-15-9-10-17(18(4)12-15)16-8-6-5-7-14(16)3;2*1-12(2)14-9-10-16(17(4)11-14)15-8-6-5-7-13(15)3/h6-11,13H,12H2,1-5H3;2*5-10,12-13H,11H2,1-4H3;2*5-12H,1-4H3/q5*+1/i;11D2;;12D;. The van der Waals surface area contributed by atoms with Gasteiger partial charge in [-0.05, 0) is 171 Å². The second-order valence-electron chi connectivity index (χ2n) is 26.7. The summed E-state index contributed by atoms with van der Waals surface area (Å²) in [6.45, 7) is 34.2. The van der Waals surface area contributed by atoms with Crippen LogP contribution in [0.15, 0.2) is 213 Å². The Morgan fingerprint density at radius 2 is 0.618 bits per heavy atom. The molecule has 0 amide bonds. The highest BCUT2D eigenvalue weighted by Crippen LogP contribution is 2.27. The zero-order valence-electron chi connectivity index (χ0n) is 61.1. The third-order valence-corrected chi connectivity index (χ3v) is 16.0. The van der Waals surface area contributed by atoms with Gasteiger partial charge in [0.05, 0.1) is 0 Å². The molecule has 0 atom stereocenters. The Morgan fingerprint density at radius 1 is 0.337 bits per heavy atom. The second kappa shape index (κ2) is 32.9. The van der Waals surface area contributed by atoms with E-state index in [2.05, 4.69) is 305 Å². The van der Waals surface area contributed by atoms with E-state index in [1.54, 1.807) is 0 Å². The first-order valence-corrected chi connectivity index (χ1v) is 32.0. The molecule has 0 aliphatic rings. The molecule has 5 heterocycles. The molecular formula is C84H108N5+5. The van der Waals surface area contributed by atoms with E-state index in [4.69, 9.17) is 4.11 Å². The van der Waals surface area contributed by atoms with Crippen molar-refractivity contribution in [3.05, 3.63) is 269 Å². The average molecular weight is 1190 g/mol. The minimum Gasteiger partial charge on any atom is -0.201 e. The number of hydrogen-bond donors (Lipinski definition) is 0. The van der Waals surface area contributed by atoms with Crippen molar-refractivity contribution in [3.8, 4) is 56.3 Å². The lowest BCUT2D eigenvalue weighted by Crippen LogP contribution is -2.32. The molecule has 0 N–H and O–H groups in total. The minimum atomic E-state index is -1.30. The molecule has 5 heteroatoms. The largest absolute Gasteiger partial charge is 0.212 e. The summed E-state index contributed by atoms with van der Waals surface area (Å²) in [6, 6.07) is 63.7. The van der Waals surface area contributed by atoms with Crippen molar-refractivity contribution in [2.24, 2.45) is 52.5 Å². The van der Waals surface area contributed by atoms with Gasteiger partial charge in [0.2, 0.25) is 28.5 Å². The molecule has 10 aromatic rings. The van der Waals surface area contributed by atoms with Crippen LogP contribution in [-0.4, -0.2) is 0 Å². The van der Waals surface area contributed by atoms with E-state index in [1.807, 2.05) is 76.8 Å². The first kappa shape index (κ1) is 65.3. The molecule has 10 rings (SSSR count). The molecule has 5 nitrogen and oxygen atoms in total. The maximum atomic E-state index is 8.19. The highest BCUT2D eigenvalue weighted by molar-refractivity contribution is 5.64. The second-order valence-corrected chi connectivity index (χ2v) is 26.7. The van der Waals surface area contributed by atoms with Crippen LogP contribution in [0.4, 0.5) is 0 Å². The molecular weight excluding hydrogens is 1080 g/mol. The summed E-state index contributed by atoms with van der Waals surface area (Å²) in [6.07, 6.45) is 11.6. The molecule has 0 unspecified atom stereocenters. The van der Waals surface area contributed by atoms with Crippen LogP contribution in [0.2, 0.25) is 0 Å². The summed E-state index contributed by atoms with van der Waals surface area (Å²) in [5.41, 5.74) is 25.2. The van der Waals surface area contributed by atoms with E-state index >= 15 is 0 Å². The fraction of sp³-hybridized carbons (Fsp3) is 0.345. The van der Waals surface area contributed by atoms with Crippen LogP contribution in [0.5, 0.6) is 0 Å². The Kier molecular flexibility index (Phi) is 24.1. The molecule has 5 aromatic carbocycles. The Bertz CT molecular complexity index is 4050. The fourth-order valence-electron chi connectivity index (χ4n) is 11.2. The Morgan fingerprint density at radius 3 is 0.910 bits per heavy atom. The summed E-state index contributed by atoms with van der Waals surface area (Å²) < 4.78 is 35.3. The van der Waals surface area contributed by atoms with Gasteiger partial charge in [-0.25, -0.2) is 22.8 Å². The maximum Gasteiger partial charge on any atom is 0.212 e. The Balaban J connectivity index is 0.000000183. The highest BCUT2D eigenvalue weighted by Gasteiger charge is 2.20. The number of benzene rings is 5. The van der Waals surface area contributed by atoms with E-state index in [1.165, 1.54) is 95.1 Å². The molecule has 0 fully saturated rings. The van der Waals surface area contributed by atoms with Gasteiger partial charge in [-0.3, -0.25) is 0 Å². The van der Waals surface area contributed by atoms with Crippen molar-refractivity contribution < 1.29 is 26.9 Å². The minimum absolute atomic E-state index is 0.0492. The fourth-order valence-corrected chi connectivity index (χ4v) is 11.2. The summed E-state index contributed by atoms with van der Waals surface area (Å²) in [4.78, 5) is 0. The third kappa shape index (κ3) is 20.7. The lowest BCUT2D eigenvalue weighted by molar-refractivity contribution is -0.661. The van der Waals surface area contributed by atoms with Crippen LogP contribution < -0.4 is 22.8 Å². The van der Waals surface area contributed by atoms with Gasteiger partial charge in [-0.15, -0.1) is 0 Å². The van der Waals surface area contributed by atoms with Gasteiger partial charge in [0.25, 0.3) is 0 Å². The van der Waals surface area contributed by atoms with Gasteiger partial charge in [0, 0.05) is 90.1 Å². The van der Waals surface area contributed by atoms with Crippen molar-refractivity contribution in [3.63, 3.8) is 0 Å². The lowest BCUT2D eigenvalue weighted by Gasteiger charge is -2.17. The molecule has 464 valence electrons. The van der Waals surface area contributed by atoms with Gasteiger partial charge in [0.1, 0.15) is 35.2 Å². The van der Waals surface area contributed by atoms with Crippen LogP contribution in [0.25, 0.3) is 56.3 Å². The van der Waals surface area contributed by atoms with Crippen molar-refractivity contribution in [1.29, 1.82) is 0 Å². The molecule has 0 saturated heterocycles. The van der Waals surface area contributed by atoms with Crippen molar-refractivity contribution >= 4 is 0 Å². The van der Waals surface area contributed by atoms with Crippen molar-refractivity contribution in [2.75, 3.05) is 0 Å². The molecule has 5 aromatic heterocycles. The van der Waals surface area contributed by atoms with Gasteiger partial charge in [-0.2, -0.15) is 0 Å². The molecule has 0 spiro atoms. The molecule has 0 aliphatic heterocycles. The van der Waals surface area contributed by atoms with Crippen LogP contribution in [-0.2, 0) is 54.5 Å². The van der Waals surface area contributed by atoms with Crippen molar-refractivity contribution in [1.82, 2.24) is 0 Å². The smallest absolute Gasteiger partial charge is 0.201 e. The molecule has 89 heavy (non-hydrogen) atoms. The van der Waals surface area contributed by atoms with Crippen LogP contribution >= 0.6 is 0 Å². The zero-order chi connectivity index (χ0) is 67.8. The molecule has 0 saturated carbocycles. The third-order valence-electron chi connectivity index (χ3n) is 16.0. The molecule has 0 bridgehead atoms. The number of nitrogens with zero attached hydrogens (tertiary/aromatic N) is 5. The number of rotatable bonds is 12. The van der Waals surface area contributed by atoms with Crippen LogP contribution in [0.3, 0.4) is 0 Å². The van der Waals surface area contributed by atoms with E-state index in [0.29, 0.717) is 17.3 Å². The summed E-state index contributed by atoms with van der Waals surface area (Å²) in [5, 5.41) is 0. The highest BCUT2D eigenvalue weighted by atomic mass is 14.9. The summed E-state index contributed by atoms with van der Waals surface area (Å²) in [5.74, 6) is 0.676. The van der Waals surface area contributed by atoms with Gasteiger partial charge >= 0.3 is 0 Å². The van der Waals surface area contributed by atoms with Crippen LogP contribution in [0, 0.1) is 51.9 Å². The average Bonchev–Trinajstić information content (AvgIpc) is 1.18. The zero-order valence-corrected chi connectivity index (χ0v) is 58.1. The topological polar surface area (TPSA) is 19.4 Å². The molecule has 0 radical (unpaired) electrons. The number of aromatic nitrogens is 5. The quantitative estimate of drug-likeness (QED) is 0.109. The van der Waals surface area contributed by atoms with E-state index in [-0.39, 0.29) is 5.92 Å². The van der Waals surface area contributed by atoms with Gasteiger partial charge in [-0.1, -0.05) is 167 Å². The number of hydrogen-bond acceptors (Lipinski definition) is 0. The van der Waals surface area contributed by atoms with Crippen molar-refractivity contribution in [2.45, 2.75) is 142 Å². The normalized spacial score (nSPS) is 11.8.